The van der Waals surface area contributed by atoms with Gasteiger partial charge < -0.3 is 9.47 Å². The van der Waals surface area contributed by atoms with E-state index in [4.69, 9.17) is 14.3 Å². The topological polar surface area (TPSA) is 48.0 Å². The van der Waals surface area contributed by atoms with E-state index in [9.17, 15) is 4.79 Å². The molecule has 5 nitrogen and oxygen atoms in total. The Labute approximate surface area is 128 Å². The third kappa shape index (κ3) is 1.82. The number of hydrogen-bond donors (Lipinski definition) is 0. The van der Waals surface area contributed by atoms with Gasteiger partial charge in [-0.1, -0.05) is 30.3 Å². The van der Waals surface area contributed by atoms with Crippen molar-refractivity contribution in [3.63, 3.8) is 0 Å². The SMILES string of the molecule is COC(=O)C1ON(C)C2c3c(ccc4ccccc34)OCC12. The van der Waals surface area contributed by atoms with Gasteiger partial charge in [0.05, 0.1) is 25.7 Å². The van der Waals surface area contributed by atoms with Crippen molar-refractivity contribution < 1.29 is 19.1 Å². The van der Waals surface area contributed by atoms with E-state index >= 15 is 0 Å². The molecule has 0 spiro atoms. The van der Waals surface area contributed by atoms with Crippen LogP contribution in [0.25, 0.3) is 10.8 Å². The van der Waals surface area contributed by atoms with Gasteiger partial charge >= 0.3 is 5.97 Å². The number of benzene rings is 2. The van der Waals surface area contributed by atoms with Crippen molar-refractivity contribution in [2.75, 3.05) is 20.8 Å². The average Bonchev–Trinajstić information content (AvgIpc) is 2.91. The summed E-state index contributed by atoms with van der Waals surface area (Å²) in [4.78, 5) is 17.7. The van der Waals surface area contributed by atoms with Gasteiger partial charge in [0.15, 0.2) is 6.10 Å². The number of methoxy groups -OCH3 is 1. The molecule has 2 aliphatic rings. The Bertz CT molecular complexity index is 745. The normalized spacial score (nSPS) is 27.1. The maximum Gasteiger partial charge on any atom is 0.337 e. The van der Waals surface area contributed by atoms with Crippen LogP contribution in [0.1, 0.15) is 11.6 Å². The number of hydrogen-bond acceptors (Lipinski definition) is 5. The molecule has 0 N–H and O–H groups in total. The van der Waals surface area contributed by atoms with Crippen molar-refractivity contribution in [3.8, 4) is 5.75 Å². The fraction of sp³-hybridized carbons (Fsp3) is 0.353. The second-order valence-corrected chi connectivity index (χ2v) is 5.71. The minimum atomic E-state index is -0.618. The fourth-order valence-electron chi connectivity index (χ4n) is 3.56. The molecule has 3 atom stereocenters. The van der Waals surface area contributed by atoms with Gasteiger partial charge in [-0.15, -0.1) is 0 Å². The second-order valence-electron chi connectivity index (χ2n) is 5.71. The molecule has 0 amide bonds. The Morgan fingerprint density at radius 3 is 2.91 bits per heavy atom. The highest BCUT2D eigenvalue weighted by Crippen LogP contribution is 2.48. The number of carbonyl (C=O) groups excluding carboxylic acids is 1. The van der Waals surface area contributed by atoms with Crippen LogP contribution in [0.5, 0.6) is 5.75 Å². The summed E-state index contributed by atoms with van der Waals surface area (Å²) in [5.74, 6) is 0.434. The zero-order valence-corrected chi connectivity index (χ0v) is 12.5. The lowest BCUT2D eigenvalue weighted by atomic mass is 9.85. The Morgan fingerprint density at radius 2 is 2.09 bits per heavy atom. The number of rotatable bonds is 1. The molecule has 0 aromatic heterocycles. The van der Waals surface area contributed by atoms with Crippen molar-refractivity contribution in [1.29, 1.82) is 0 Å². The average molecular weight is 299 g/mol. The quantitative estimate of drug-likeness (QED) is 0.756. The molecule has 0 radical (unpaired) electrons. The maximum atomic E-state index is 12.0. The standard InChI is InChI=1S/C17H17NO4/c1-18-15-12(16(22-18)17(19)20-2)9-21-13-8-7-10-5-3-4-6-11(10)14(13)15/h3-8,12,15-16H,9H2,1-2H3. The van der Waals surface area contributed by atoms with Crippen molar-refractivity contribution in [2.24, 2.45) is 5.92 Å². The first-order valence-electron chi connectivity index (χ1n) is 7.32. The molecule has 114 valence electrons. The molecule has 1 fully saturated rings. The number of esters is 1. The predicted octanol–water partition coefficient (Wildman–Crippen LogP) is 2.31. The molecule has 22 heavy (non-hydrogen) atoms. The lowest BCUT2D eigenvalue weighted by molar-refractivity contribution is -0.180. The first-order chi connectivity index (χ1) is 10.7. The summed E-state index contributed by atoms with van der Waals surface area (Å²) in [5.41, 5.74) is 1.09. The van der Waals surface area contributed by atoms with Crippen LogP contribution in [0.15, 0.2) is 36.4 Å². The van der Waals surface area contributed by atoms with Crippen molar-refractivity contribution in [1.82, 2.24) is 5.06 Å². The third-order valence-corrected chi connectivity index (χ3v) is 4.56. The molecule has 0 saturated carbocycles. The molecule has 0 aliphatic carbocycles. The third-order valence-electron chi connectivity index (χ3n) is 4.56. The van der Waals surface area contributed by atoms with Gasteiger partial charge in [-0.3, -0.25) is 4.84 Å². The summed E-state index contributed by atoms with van der Waals surface area (Å²) in [6.07, 6.45) is -0.618. The fourth-order valence-corrected chi connectivity index (χ4v) is 3.56. The minimum absolute atomic E-state index is 0.0149. The van der Waals surface area contributed by atoms with Crippen molar-refractivity contribution in [3.05, 3.63) is 42.0 Å². The van der Waals surface area contributed by atoms with Crippen LogP contribution in [0, 0.1) is 5.92 Å². The van der Waals surface area contributed by atoms with Crippen LogP contribution in [-0.4, -0.2) is 37.9 Å². The molecule has 0 bridgehead atoms. The highest BCUT2D eigenvalue weighted by molar-refractivity contribution is 5.89. The molecule has 2 heterocycles. The molecule has 2 aromatic rings. The minimum Gasteiger partial charge on any atom is -0.493 e. The van der Waals surface area contributed by atoms with E-state index in [-0.39, 0.29) is 17.9 Å². The summed E-state index contributed by atoms with van der Waals surface area (Å²) in [6.45, 7) is 0.445. The Kier molecular flexibility index (Phi) is 3.06. The molecule has 2 aromatic carbocycles. The Morgan fingerprint density at radius 1 is 1.27 bits per heavy atom. The summed E-state index contributed by atoms with van der Waals surface area (Å²) >= 11 is 0. The van der Waals surface area contributed by atoms with Gasteiger partial charge in [-0.2, -0.15) is 5.06 Å². The van der Waals surface area contributed by atoms with E-state index in [2.05, 4.69) is 18.2 Å². The van der Waals surface area contributed by atoms with Crippen LogP contribution in [0.4, 0.5) is 0 Å². The first-order valence-corrected chi connectivity index (χ1v) is 7.32. The van der Waals surface area contributed by atoms with E-state index in [1.807, 2.05) is 25.2 Å². The van der Waals surface area contributed by atoms with E-state index in [0.29, 0.717) is 6.61 Å². The van der Waals surface area contributed by atoms with Crippen molar-refractivity contribution >= 4 is 16.7 Å². The van der Waals surface area contributed by atoms with Crippen LogP contribution in [0.3, 0.4) is 0 Å². The summed E-state index contributed by atoms with van der Waals surface area (Å²) in [6, 6.07) is 12.2. The highest BCUT2D eigenvalue weighted by Gasteiger charge is 2.50. The van der Waals surface area contributed by atoms with Crippen LogP contribution in [-0.2, 0) is 14.4 Å². The summed E-state index contributed by atoms with van der Waals surface area (Å²) < 4.78 is 10.8. The number of carbonyl (C=O) groups is 1. The summed E-state index contributed by atoms with van der Waals surface area (Å²) in [7, 11) is 3.24. The van der Waals surface area contributed by atoms with E-state index in [0.717, 1.165) is 22.1 Å². The largest absolute Gasteiger partial charge is 0.493 e. The van der Waals surface area contributed by atoms with E-state index < -0.39 is 6.10 Å². The van der Waals surface area contributed by atoms with Gasteiger partial charge in [-0.05, 0) is 16.8 Å². The molecule has 4 rings (SSSR count). The molecule has 5 heteroatoms. The predicted molar refractivity (Wildman–Crippen MR) is 80.3 cm³/mol. The molecular weight excluding hydrogens is 282 g/mol. The first kappa shape index (κ1) is 13.5. The maximum absolute atomic E-state index is 12.0. The van der Waals surface area contributed by atoms with E-state index in [1.165, 1.54) is 7.11 Å². The number of nitrogens with zero attached hydrogens (tertiary/aromatic N) is 1. The smallest absolute Gasteiger partial charge is 0.337 e. The lowest BCUT2D eigenvalue weighted by Gasteiger charge is -2.31. The molecule has 3 unspecified atom stereocenters. The number of ether oxygens (including phenoxy) is 2. The Hall–Kier alpha value is -2.11. The highest BCUT2D eigenvalue weighted by atomic mass is 16.7. The second kappa shape index (κ2) is 4.97. The van der Waals surface area contributed by atoms with Crippen LogP contribution in [0.2, 0.25) is 0 Å². The Balaban J connectivity index is 1.87. The zero-order chi connectivity index (χ0) is 15.3. The van der Waals surface area contributed by atoms with Gasteiger partial charge in [0.25, 0.3) is 0 Å². The van der Waals surface area contributed by atoms with Gasteiger partial charge in [-0.25, -0.2) is 4.79 Å². The molecule has 1 saturated heterocycles. The monoisotopic (exact) mass is 299 g/mol. The van der Waals surface area contributed by atoms with Crippen molar-refractivity contribution in [2.45, 2.75) is 12.1 Å². The zero-order valence-electron chi connectivity index (χ0n) is 12.5. The van der Waals surface area contributed by atoms with Crippen LogP contribution >= 0.6 is 0 Å². The van der Waals surface area contributed by atoms with Crippen LogP contribution < -0.4 is 4.74 Å². The number of fused-ring (bicyclic) bond motifs is 5. The molecule has 2 aliphatic heterocycles. The van der Waals surface area contributed by atoms with E-state index in [1.54, 1.807) is 5.06 Å². The van der Waals surface area contributed by atoms with Gasteiger partial charge in [0, 0.05) is 12.6 Å². The lowest BCUT2D eigenvalue weighted by Crippen LogP contribution is -2.35. The summed E-state index contributed by atoms with van der Waals surface area (Å²) in [5, 5.41) is 4.05. The molecular formula is C17H17NO4. The number of hydroxylamine groups is 2. The van der Waals surface area contributed by atoms with Gasteiger partial charge in [0.2, 0.25) is 0 Å². The van der Waals surface area contributed by atoms with Gasteiger partial charge in [0.1, 0.15) is 5.75 Å².